The number of phenolic OH excluding ortho intramolecular Hbond substituents is 1. The predicted octanol–water partition coefficient (Wildman–Crippen LogP) is 3.39. The van der Waals surface area contributed by atoms with Gasteiger partial charge in [-0.3, -0.25) is 0 Å². The van der Waals surface area contributed by atoms with Crippen molar-refractivity contribution in [2.24, 2.45) is 11.7 Å². The van der Waals surface area contributed by atoms with E-state index < -0.39 is 5.54 Å². The first-order valence-corrected chi connectivity index (χ1v) is 8.60. The van der Waals surface area contributed by atoms with E-state index >= 15 is 0 Å². The van der Waals surface area contributed by atoms with Gasteiger partial charge in [-0.05, 0) is 0 Å². The number of aromatic hydroxyl groups is 1. The maximum absolute atomic E-state index is 10.5. The minimum atomic E-state index is -0.640. The molecule has 114 valence electrons. The second-order valence-corrected chi connectivity index (χ2v) is 7.73. The molecule has 1 aromatic rings. The number of rotatable bonds is 4. The number of benzene rings is 1. The Morgan fingerprint density at radius 1 is 1.57 bits per heavy atom. The monoisotopic (exact) mass is 368 g/mol. The van der Waals surface area contributed by atoms with Crippen molar-refractivity contribution >= 4 is 3.90 Å². The van der Waals surface area contributed by atoms with Crippen LogP contribution in [0.25, 0.3) is 0 Å². The molecule has 0 radical (unpaired) electrons. The van der Waals surface area contributed by atoms with Crippen LogP contribution in [0, 0.1) is 12.0 Å². The fourth-order valence-corrected chi connectivity index (χ4v) is 4.05. The van der Waals surface area contributed by atoms with Crippen molar-refractivity contribution in [2.45, 2.75) is 52.0 Å². The first-order chi connectivity index (χ1) is 9.88. The standard InChI is InChI=1S/C18H24NO.Mo/c1-4-6-14-8-10-16(17(20)11-14)18(19)12-13(3)7-9-15(18)5-2;/h8,11-12,15,20H,4,6-7,9,19H2,1-3H3;/q-1;/t15-,18+;/m1./s1. The number of hydrogen-bond acceptors (Lipinski definition) is 2. The van der Waals surface area contributed by atoms with Crippen LogP contribution in [0.5, 0.6) is 5.75 Å². The van der Waals surface area contributed by atoms with Crippen molar-refractivity contribution in [1.29, 1.82) is 0 Å². The van der Waals surface area contributed by atoms with Crippen LogP contribution in [0.4, 0.5) is 0 Å². The number of phenols is 1. The van der Waals surface area contributed by atoms with E-state index in [2.05, 4.69) is 32.9 Å². The molecule has 0 bridgehead atoms. The fourth-order valence-electron chi connectivity index (χ4n) is 3.29. The van der Waals surface area contributed by atoms with Gasteiger partial charge in [0.1, 0.15) is 0 Å². The molecule has 0 saturated carbocycles. The molecule has 1 aliphatic carbocycles. The van der Waals surface area contributed by atoms with Gasteiger partial charge >= 0.3 is 139 Å². The van der Waals surface area contributed by atoms with Gasteiger partial charge in [-0.25, -0.2) is 0 Å². The molecule has 1 aliphatic rings. The molecule has 0 unspecified atom stereocenters. The summed E-state index contributed by atoms with van der Waals surface area (Å²) >= 11 is 2.05. The van der Waals surface area contributed by atoms with Crippen LogP contribution in [0.1, 0.15) is 51.2 Å². The van der Waals surface area contributed by atoms with Crippen LogP contribution in [0.2, 0.25) is 0 Å². The third kappa shape index (κ3) is 3.38. The second-order valence-electron chi connectivity index (χ2n) is 6.14. The minimum absolute atomic E-state index is 0.255. The van der Waals surface area contributed by atoms with E-state index in [-0.39, 0.29) is 11.7 Å². The van der Waals surface area contributed by atoms with Crippen LogP contribution in [0.15, 0.2) is 23.8 Å². The van der Waals surface area contributed by atoms with Crippen LogP contribution in [0.3, 0.4) is 0 Å². The first kappa shape index (κ1) is 16.6. The van der Waals surface area contributed by atoms with E-state index in [0.29, 0.717) is 0 Å². The molecular weight excluding hydrogens is 342 g/mol. The van der Waals surface area contributed by atoms with Crippen molar-refractivity contribution in [2.75, 3.05) is 0 Å². The van der Waals surface area contributed by atoms with Crippen molar-refractivity contribution in [1.82, 2.24) is 0 Å². The quantitative estimate of drug-likeness (QED) is 0.488. The van der Waals surface area contributed by atoms with E-state index in [1.54, 1.807) is 0 Å². The Hall–Kier alpha value is -0.722. The summed E-state index contributed by atoms with van der Waals surface area (Å²) in [6, 6.07) is 7.11. The van der Waals surface area contributed by atoms with E-state index in [9.17, 15) is 5.11 Å². The molecular formula is C18H24MoNO-. The van der Waals surface area contributed by atoms with Gasteiger partial charge in [-0.1, -0.05) is 0 Å². The van der Waals surface area contributed by atoms with E-state index in [1.807, 2.05) is 31.5 Å². The second kappa shape index (κ2) is 6.58. The van der Waals surface area contributed by atoms with E-state index in [0.717, 1.165) is 36.8 Å². The van der Waals surface area contributed by atoms with Crippen LogP contribution >= 0.6 is 0 Å². The molecule has 0 spiro atoms. The number of aryl methyl sites for hydroxylation is 1. The number of allylic oxidation sites excluding steroid dienone is 1. The Labute approximate surface area is 138 Å². The normalized spacial score (nSPS) is 25.5. The van der Waals surface area contributed by atoms with E-state index in [4.69, 9.17) is 5.73 Å². The summed E-state index contributed by atoms with van der Waals surface area (Å²) < 4.78 is 1.32. The third-order valence-corrected chi connectivity index (χ3v) is 5.03. The Kier molecular flexibility index (Phi) is 5.22. The van der Waals surface area contributed by atoms with E-state index in [1.165, 1.54) is 9.47 Å². The van der Waals surface area contributed by atoms with Crippen LogP contribution < -0.4 is 5.73 Å². The van der Waals surface area contributed by atoms with Gasteiger partial charge in [0.15, 0.2) is 0 Å². The van der Waals surface area contributed by atoms with Crippen molar-refractivity contribution in [3.05, 3.63) is 41.0 Å². The Morgan fingerprint density at radius 3 is 2.86 bits per heavy atom. The van der Waals surface area contributed by atoms with Crippen LogP contribution in [-0.2, 0) is 31.3 Å². The van der Waals surface area contributed by atoms with Crippen LogP contribution in [-0.4, -0.2) is 9.00 Å². The molecule has 0 aromatic heterocycles. The van der Waals surface area contributed by atoms with Gasteiger partial charge in [0.05, 0.1) is 0 Å². The molecule has 0 saturated heterocycles. The zero-order valence-electron chi connectivity index (χ0n) is 13.1. The molecule has 1 aromatic carbocycles. The van der Waals surface area contributed by atoms with Gasteiger partial charge in [0, 0.05) is 0 Å². The summed E-state index contributed by atoms with van der Waals surface area (Å²) in [5.41, 5.74) is 9.26. The van der Waals surface area contributed by atoms with Crippen molar-refractivity contribution in [3.63, 3.8) is 0 Å². The predicted molar refractivity (Wildman–Crippen MR) is 84.0 cm³/mol. The SMILES string of the molecule is CCCc1c[c-]c([C@]2(N)C=C(C)CC[C@H]2[C](C)=[Mo])c(O)c1. The Morgan fingerprint density at radius 2 is 2.29 bits per heavy atom. The summed E-state index contributed by atoms with van der Waals surface area (Å²) in [4.78, 5) is 0. The van der Waals surface area contributed by atoms with Gasteiger partial charge in [0.25, 0.3) is 0 Å². The molecule has 3 heteroatoms. The fraction of sp³-hybridized carbons (Fsp3) is 0.500. The van der Waals surface area contributed by atoms with Gasteiger partial charge in [-0.15, -0.1) is 0 Å². The Bertz CT molecular complexity index is 579. The summed E-state index contributed by atoms with van der Waals surface area (Å²) in [6.07, 6.45) is 6.25. The van der Waals surface area contributed by atoms with Crippen molar-refractivity contribution in [3.8, 4) is 5.75 Å². The number of hydrogen-bond donors (Lipinski definition) is 2. The Balaban J connectivity index is 2.50. The molecule has 3 N–H and O–H groups in total. The van der Waals surface area contributed by atoms with Gasteiger partial charge < -0.3 is 0 Å². The summed E-state index contributed by atoms with van der Waals surface area (Å²) in [7, 11) is 0. The zero-order chi connectivity index (χ0) is 15.6. The summed E-state index contributed by atoms with van der Waals surface area (Å²) in [5.74, 6) is 0.534. The molecule has 0 fully saturated rings. The molecule has 2 nitrogen and oxygen atoms in total. The molecule has 21 heavy (non-hydrogen) atoms. The average molecular weight is 366 g/mol. The van der Waals surface area contributed by atoms with Crippen molar-refractivity contribution < 1.29 is 24.5 Å². The summed E-state index contributed by atoms with van der Waals surface area (Å²) in [6.45, 7) is 6.38. The summed E-state index contributed by atoms with van der Waals surface area (Å²) in [5, 5.41) is 10.5. The molecule has 2 atom stereocenters. The average Bonchev–Trinajstić information content (AvgIpc) is 2.38. The topological polar surface area (TPSA) is 46.2 Å². The molecule has 0 amide bonds. The third-order valence-electron chi connectivity index (χ3n) is 4.33. The van der Waals surface area contributed by atoms with Gasteiger partial charge in [0.2, 0.25) is 0 Å². The molecule has 0 aliphatic heterocycles. The molecule has 0 heterocycles. The maximum atomic E-state index is 10.5. The van der Waals surface area contributed by atoms with Gasteiger partial charge in [-0.2, -0.15) is 0 Å². The first-order valence-electron chi connectivity index (χ1n) is 7.60. The number of nitrogens with two attached hydrogens (primary N) is 1. The zero-order valence-corrected chi connectivity index (χ0v) is 15.1. The molecule has 2 rings (SSSR count).